The fourth-order valence-corrected chi connectivity index (χ4v) is 2.30. The molecule has 78 valence electrons. The van der Waals surface area contributed by atoms with Gasteiger partial charge in [0.2, 0.25) is 0 Å². The summed E-state index contributed by atoms with van der Waals surface area (Å²) < 4.78 is 44.2. The number of rotatable bonds is 4. The Morgan fingerprint density at radius 1 is 1.43 bits per heavy atom. The van der Waals surface area contributed by atoms with Crippen LogP contribution in [0.3, 0.4) is 0 Å². The zero-order valence-electron chi connectivity index (χ0n) is 7.07. The van der Waals surface area contributed by atoms with Crippen LogP contribution in [0.2, 0.25) is 0 Å². The molecule has 0 saturated heterocycles. The van der Waals surface area contributed by atoms with Crippen LogP contribution in [-0.4, -0.2) is 20.3 Å². The first-order chi connectivity index (χ1) is 6.59. The van der Waals surface area contributed by atoms with Crippen LogP contribution in [0.25, 0.3) is 0 Å². The first-order valence-electron chi connectivity index (χ1n) is 3.75. The highest BCUT2D eigenvalue weighted by molar-refractivity contribution is 8.00. The van der Waals surface area contributed by atoms with Gasteiger partial charge < -0.3 is 4.55 Å². The molecule has 1 aromatic rings. The van der Waals surface area contributed by atoms with Crippen LogP contribution in [-0.2, 0) is 11.1 Å². The second-order valence-electron chi connectivity index (χ2n) is 2.45. The third kappa shape index (κ3) is 3.73. The zero-order chi connectivity index (χ0) is 10.6. The van der Waals surface area contributed by atoms with Crippen LogP contribution < -0.4 is 0 Å². The summed E-state index contributed by atoms with van der Waals surface area (Å²) in [4.78, 5) is 0.289. The quantitative estimate of drug-likeness (QED) is 0.646. The van der Waals surface area contributed by atoms with E-state index in [2.05, 4.69) is 0 Å². The molecule has 0 bridgehead atoms. The van der Waals surface area contributed by atoms with Crippen LogP contribution in [0.15, 0.2) is 23.1 Å². The molecule has 0 heterocycles. The first-order valence-corrected chi connectivity index (χ1v) is 6.01. The highest BCUT2D eigenvalue weighted by Gasteiger charge is 2.04. The molecule has 1 N–H and O–H groups in total. The summed E-state index contributed by atoms with van der Waals surface area (Å²) in [5.41, 5.74) is 0. The number of hydrogen-bond donors (Lipinski definition) is 1. The molecular weight excluding hydrogens is 230 g/mol. The van der Waals surface area contributed by atoms with E-state index in [-0.39, 0.29) is 10.6 Å². The van der Waals surface area contributed by atoms with E-state index in [9.17, 15) is 13.0 Å². The van der Waals surface area contributed by atoms with Gasteiger partial charge >= 0.3 is 0 Å². The molecule has 14 heavy (non-hydrogen) atoms. The third-order valence-electron chi connectivity index (χ3n) is 1.41. The van der Waals surface area contributed by atoms with E-state index in [1.807, 2.05) is 0 Å². The molecule has 0 aliphatic heterocycles. The molecule has 2 nitrogen and oxygen atoms in total. The fourth-order valence-electron chi connectivity index (χ4n) is 0.815. The molecule has 0 radical (unpaired) electrons. The second-order valence-corrected chi connectivity index (χ2v) is 4.64. The Kier molecular flexibility index (Phi) is 4.50. The van der Waals surface area contributed by atoms with Crippen molar-refractivity contribution in [2.75, 3.05) is 11.5 Å². The van der Waals surface area contributed by atoms with E-state index in [0.717, 1.165) is 23.9 Å². The summed E-state index contributed by atoms with van der Waals surface area (Å²) >= 11 is -0.778. The largest absolute Gasteiger partial charge is 0.306 e. The van der Waals surface area contributed by atoms with E-state index in [1.165, 1.54) is 6.07 Å². The Hall–Kier alpha value is -0.460. The van der Waals surface area contributed by atoms with Gasteiger partial charge in [0.1, 0.15) is 11.6 Å². The van der Waals surface area contributed by atoms with Gasteiger partial charge in [0.15, 0.2) is 11.1 Å². The minimum atomic E-state index is -1.87. The maximum Gasteiger partial charge on any atom is 0.153 e. The summed E-state index contributed by atoms with van der Waals surface area (Å²) in [5, 5.41) is 0. The molecule has 1 atom stereocenters. The Bertz CT molecular complexity index is 344. The fraction of sp³-hybridized carbons (Fsp3) is 0.250. The van der Waals surface area contributed by atoms with Gasteiger partial charge in [-0.2, -0.15) is 0 Å². The maximum atomic E-state index is 13.0. The van der Waals surface area contributed by atoms with Crippen LogP contribution in [0.5, 0.6) is 0 Å². The highest BCUT2D eigenvalue weighted by Crippen LogP contribution is 2.21. The van der Waals surface area contributed by atoms with Crippen molar-refractivity contribution in [2.45, 2.75) is 4.90 Å². The van der Waals surface area contributed by atoms with Gasteiger partial charge in [0, 0.05) is 16.7 Å². The normalized spacial score (nSPS) is 12.8. The molecule has 0 aliphatic rings. The molecule has 0 aromatic heterocycles. The minimum Gasteiger partial charge on any atom is -0.306 e. The summed E-state index contributed by atoms with van der Waals surface area (Å²) in [6.07, 6.45) is 0. The summed E-state index contributed by atoms with van der Waals surface area (Å²) in [6, 6.07) is 3.26. The summed E-state index contributed by atoms with van der Waals surface area (Å²) in [7, 11) is 0. The van der Waals surface area contributed by atoms with E-state index < -0.39 is 22.7 Å². The Labute approximate surface area is 87.0 Å². The molecule has 0 saturated carbocycles. The molecule has 0 amide bonds. The van der Waals surface area contributed by atoms with E-state index >= 15 is 0 Å². The molecule has 0 spiro atoms. The lowest BCUT2D eigenvalue weighted by atomic mass is 10.3. The van der Waals surface area contributed by atoms with Gasteiger partial charge in [0.25, 0.3) is 0 Å². The van der Waals surface area contributed by atoms with Crippen molar-refractivity contribution < 1.29 is 17.5 Å². The molecule has 0 fully saturated rings. The molecule has 1 unspecified atom stereocenters. The molecular formula is C8H8F2O2S2. The topological polar surface area (TPSA) is 37.3 Å². The van der Waals surface area contributed by atoms with Crippen molar-refractivity contribution in [2.24, 2.45) is 0 Å². The lowest BCUT2D eigenvalue weighted by molar-refractivity contribution is 0.563. The highest BCUT2D eigenvalue weighted by atomic mass is 32.2. The van der Waals surface area contributed by atoms with Crippen LogP contribution >= 0.6 is 11.8 Å². The predicted octanol–water partition coefficient (Wildman–Crippen LogP) is 2.28. The predicted molar refractivity (Wildman–Crippen MR) is 52.7 cm³/mol. The lowest BCUT2D eigenvalue weighted by Crippen LogP contribution is -1.97. The standard InChI is InChI=1S/C8H8F2O2S2/c9-6-1-2-8(7(10)5-6)13-3-4-14(11)12/h1-2,5H,3-4H2,(H,11,12). The van der Waals surface area contributed by atoms with E-state index in [0.29, 0.717) is 5.75 Å². The third-order valence-corrected chi connectivity index (χ3v) is 3.27. The number of thioether (sulfide) groups is 1. The average molecular weight is 238 g/mol. The zero-order valence-corrected chi connectivity index (χ0v) is 8.71. The average Bonchev–Trinajstić information content (AvgIpc) is 2.08. The summed E-state index contributed by atoms with van der Waals surface area (Å²) in [6.45, 7) is 0. The smallest absolute Gasteiger partial charge is 0.153 e. The van der Waals surface area contributed by atoms with Crippen LogP contribution in [0.1, 0.15) is 0 Å². The summed E-state index contributed by atoms with van der Waals surface area (Å²) in [5.74, 6) is -0.871. The van der Waals surface area contributed by atoms with Gasteiger partial charge in [-0.15, -0.1) is 11.8 Å². The molecule has 6 heteroatoms. The maximum absolute atomic E-state index is 13.0. The number of hydrogen-bond acceptors (Lipinski definition) is 2. The van der Waals surface area contributed by atoms with E-state index in [1.54, 1.807) is 0 Å². The Morgan fingerprint density at radius 3 is 2.71 bits per heavy atom. The number of benzene rings is 1. The van der Waals surface area contributed by atoms with Crippen molar-refractivity contribution >= 4 is 22.8 Å². The van der Waals surface area contributed by atoms with Gasteiger partial charge in [-0.25, -0.2) is 13.0 Å². The molecule has 0 aliphatic carbocycles. The van der Waals surface area contributed by atoms with Gasteiger partial charge in [-0.05, 0) is 12.1 Å². The van der Waals surface area contributed by atoms with Crippen LogP contribution in [0, 0.1) is 11.6 Å². The van der Waals surface area contributed by atoms with Crippen LogP contribution in [0.4, 0.5) is 8.78 Å². The van der Waals surface area contributed by atoms with Gasteiger partial charge in [0.05, 0.1) is 5.75 Å². The van der Waals surface area contributed by atoms with Crippen molar-refractivity contribution in [1.29, 1.82) is 0 Å². The lowest BCUT2D eigenvalue weighted by Gasteiger charge is -2.01. The van der Waals surface area contributed by atoms with Crippen molar-refractivity contribution in [1.82, 2.24) is 0 Å². The van der Waals surface area contributed by atoms with Gasteiger partial charge in [-0.3, -0.25) is 0 Å². The van der Waals surface area contributed by atoms with Crippen molar-refractivity contribution in [3.63, 3.8) is 0 Å². The molecule has 1 aromatic carbocycles. The first kappa shape index (κ1) is 11.6. The molecule has 1 rings (SSSR count). The Morgan fingerprint density at radius 2 is 2.14 bits per heavy atom. The van der Waals surface area contributed by atoms with Crippen molar-refractivity contribution in [3.8, 4) is 0 Å². The Balaban J connectivity index is 2.55. The minimum absolute atomic E-state index is 0.0709. The SMILES string of the molecule is O=S(O)CCSc1ccc(F)cc1F. The second kappa shape index (κ2) is 5.43. The number of halogens is 2. The van der Waals surface area contributed by atoms with Crippen molar-refractivity contribution in [3.05, 3.63) is 29.8 Å². The van der Waals surface area contributed by atoms with E-state index in [4.69, 9.17) is 4.55 Å². The van der Waals surface area contributed by atoms with Gasteiger partial charge in [-0.1, -0.05) is 0 Å². The monoisotopic (exact) mass is 238 g/mol.